The smallest absolute Gasteiger partial charge is 0.258 e. The zero-order chi connectivity index (χ0) is 22.8. The Bertz CT molecular complexity index is 1360. The molecule has 0 unspecified atom stereocenters. The van der Waals surface area contributed by atoms with Crippen LogP contribution in [0.25, 0.3) is 10.9 Å². The van der Waals surface area contributed by atoms with E-state index in [1.807, 2.05) is 44.2 Å². The van der Waals surface area contributed by atoms with E-state index >= 15 is 0 Å². The summed E-state index contributed by atoms with van der Waals surface area (Å²) in [5.74, 6) is -0.0847. The number of hydrogen-bond acceptors (Lipinski definition) is 3. The predicted molar refractivity (Wildman–Crippen MR) is 124 cm³/mol. The minimum absolute atomic E-state index is 0.0673. The molecule has 0 aliphatic heterocycles. The zero-order valence-electron chi connectivity index (χ0n) is 18.1. The second-order valence-corrected chi connectivity index (χ2v) is 7.69. The number of hydrogen-bond donors (Lipinski definition) is 1. The van der Waals surface area contributed by atoms with E-state index < -0.39 is 5.82 Å². The topological polar surface area (TPSA) is 62.4 Å². The van der Waals surface area contributed by atoms with E-state index in [4.69, 9.17) is 4.74 Å². The largest absolute Gasteiger partial charge is 0.497 e. The molecule has 3 aromatic carbocycles. The van der Waals surface area contributed by atoms with Gasteiger partial charge >= 0.3 is 0 Å². The number of aromatic nitrogens is 1. The Kier molecular flexibility index (Phi) is 5.77. The first-order valence-electron chi connectivity index (χ1n) is 10.2. The maximum absolute atomic E-state index is 13.5. The van der Waals surface area contributed by atoms with Crippen molar-refractivity contribution in [2.24, 2.45) is 0 Å². The molecule has 0 aliphatic rings. The Hall–Kier alpha value is -3.93. The third-order valence-corrected chi connectivity index (χ3v) is 5.66. The lowest BCUT2D eigenvalue weighted by molar-refractivity contribution is 0.0985. The summed E-state index contributed by atoms with van der Waals surface area (Å²) in [4.78, 5) is 30.8. The highest BCUT2D eigenvalue weighted by Gasteiger charge is 2.22. The molecule has 5 nitrogen and oxygen atoms in total. The molecule has 0 atom stereocenters. The first-order chi connectivity index (χ1) is 15.4. The minimum Gasteiger partial charge on any atom is -0.497 e. The third kappa shape index (κ3) is 4.12. The van der Waals surface area contributed by atoms with Crippen LogP contribution in [0.1, 0.15) is 27.0 Å². The van der Waals surface area contributed by atoms with E-state index in [1.54, 1.807) is 24.1 Å². The van der Waals surface area contributed by atoms with Gasteiger partial charge in [-0.05, 0) is 78.9 Å². The van der Waals surface area contributed by atoms with Crippen LogP contribution in [0.5, 0.6) is 5.75 Å². The Morgan fingerprint density at radius 3 is 2.50 bits per heavy atom. The third-order valence-electron chi connectivity index (χ3n) is 5.66. The highest BCUT2D eigenvalue weighted by atomic mass is 19.1. The Labute approximate surface area is 185 Å². The number of H-pyrrole nitrogens is 1. The van der Waals surface area contributed by atoms with Crippen LogP contribution in [0.2, 0.25) is 0 Å². The molecule has 0 radical (unpaired) electrons. The summed E-state index contributed by atoms with van der Waals surface area (Å²) in [6.07, 6.45) is 0. The molecule has 4 rings (SSSR count). The van der Waals surface area contributed by atoms with Crippen molar-refractivity contribution in [3.05, 3.63) is 105 Å². The fourth-order valence-electron chi connectivity index (χ4n) is 3.68. The summed E-state index contributed by atoms with van der Waals surface area (Å²) >= 11 is 0. The number of benzene rings is 3. The van der Waals surface area contributed by atoms with Gasteiger partial charge in [-0.25, -0.2) is 4.39 Å². The van der Waals surface area contributed by atoms with Gasteiger partial charge in [0.15, 0.2) is 0 Å². The number of ether oxygens (including phenoxy) is 1. The highest BCUT2D eigenvalue weighted by molar-refractivity contribution is 6.06. The average Bonchev–Trinajstić information content (AvgIpc) is 2.79. The lowest BCUT2D eigenvalue weighted by Gasteiger charge is -2.25. The van der Waals surface area contributed by atoms with E-state index in [-0.39, 0.29) is 18.0 Å². The van der Waals surface area contributed by atoms with Crippen LogP contribution in [0.4, 0.5) is 10.1 Å². The first kappa shape index (κ1) is 21.3. The maximum Gasteiger partial charge on any atom is 0.258 e. The molecule has 1 heterocycles. The molecule has 0 aliphatic carbocycles. The molecular formula is C26H23FN2O3. The molecule has 6 heteroatoms. The lowest BCUT2D eigenvalue weighted by atomic mass is 10.0. The lowest BCUT2D eigenvalue weighted by Crippen LogP contribution is -2.33. The van der Waals surface area contributed by atoms with Crippen LogP contribution in [-0.2, 0) is 6.54 Å². The molecule has 1 N–H and O–H groups in total. The second-order valence-electron chi connectivity index (χ2n) is 7.69. The van der Waals surface area contributed by atoms with E-state index in [1.165, 1.54) is 24.3 Å². The van der Waals surface area contributed by atoms with E-state index in [2.05, 4.69) is 4.98 Å². The van der Waals surface area contributed by atoms with Crippen LogP contribution >= 0.6 is 0 Å². The Morgan fingerprint density at radius 2 is 1.78 bits per heavy atom. The van der Waals surface area contributed by atoms with Crippen LogP contribution in [0.15, 0.2) is 71.5 Å². The number of carbonyl (C=O) groups is 1. The number of rotatable bonds is 5. The summed E-state index contributed by atoms with van der Waals surface area (Å²) in [6, 6.07) is 18.3. The summed E-state index contributed by atoms with van der Waals surface area (Å²) in [5, 5.41) is 0.829. The van der Waals surface area contributed by atoms with E-state index in [0.717, 1.165) is 16.5 Å². The molecule has 0 spiro atoms. The number of pyridine rings is 1. The normalized spacial score (nSPS) is 10.9. The van der Waals surface area contributed by atoms with Crippen LogP contribution in [0, 0.1) is 19.7 Å². The SMILES string of the molecule is COc1ccc2cc(CN(C(=O)c3ccc(F)cc3)c3cccc(C)c3C)c(=O)[nH]c2c1. The van der Waals surface area contributed by atoms with E-state index in [9.17, 15) is 14.0 Å². The van der Waals surface area contributed by atoms with E-state index in [0.29, 0.717) is 28.1 Å². The van der Waals surface area contributed by atoms with Crippen LogP contribution in [0.3, 0.4) is 0 Å². The molecule has 1 aromatic heterocycles. The number of carbonyl (C=O) groups excluding carboxylic acids is 1. The van der Waals surface area contributed by atoms with Crippen molar-refractivity contribution >= 4 is 22.5 Å². The molecule has 32 heavy (non-hydrogen) atoms. The van der Waals surface area contributed by atoms with Gasteiger partial charge in [0.05, 0.1) is 19.2 Å². The van der Waals surface area contributed by atoms with Crippen LogP contribution < -0.4 is 15.2 Å². The monoisotopic (exact) mass is 430 g/mol. The first-order valence-corrected chi connectivity index (χ1v) is 10.2. The van der Waals surface area contributed by atoms with Crippen LogP contribution in [-0.4, -0.2) is 18.0 Å². The standard InChI is InChI=1S/C26H23FN2O3/c1-16-5-4-6-24(17(16)2)29(26(31)18-7-10-21(27)11-8-18)15-20-13-19-9-12-22(32-3)14-23(19)28-25(20)30/h4-14H,15H2,1-3H3,(H,28,30). The summed E-state index contributed by atoms with van der Waals surface area (Å²) < 4.78 is 18.6. The van der Waals surface area contributed by atoms with Gasteiger partial charge < -0.3 is 14.6 Å². The molecule has 0 bridgehead atoms. The number of halogens is 1. The number of amides is 1. The van der Waals surface area contributed by atoms with Gasteiger partial charge in [-0.3, -0.25) is 9.59 Å². The van der Waals surface area contributed by atoms with Gasteiger partial charge in [0, 0.05) is 22.9 Å². The molecule has 0 saturated heterocycles. The second kappa shape index (κ2) is 8.67. The van der Waals surface area contributed by atoms with Gasteiger partial charge in [0.25, 0.3) is 11.5 Å². The predicted octanol–water partition coefficient (Wildman–Crippen LogP) is 5.14. The maximum atomic E-state index is 13.5. The van der Waals surface area contributed by atoms with Crippen molar-refractivity contribution in [2.45, 2.75) is 20.4 Å². The number of fused-ring (bicyclic) bond motifs is 1. The fourth-order valence-corrected chi connectivity index (χ4v) is 3.68. The number of methoxy groups -OCH3 is 1. The number of nitrogens with zero attached hydrogens (tertiary/aromatic N) is 1. The number of aryl methyl sites for hydroxylation is 1. The van der Waals surface area contributed by atoms with Crippen molar-refractivity contribution in [1.29, 1.82) is 0 Å². The van der Waals surface area contributed by atoms with Gasteiger partial charge in [-0.1, -0.05) is 12.1 Å². The molecule has 4 aromatic rings. The van der Waals surface area contributed by atoms with Crippen molar-refractivity contribution in [1.82, 2.24) is 4.98 Å². The Balaban J connectivity index is 1.81. The zero-order valence-corrected chi connectivity index (χ0v) is 18.1. The summed E-state index contributed by atoms with van der Waals surface area (Å²) in [6.45, 7) is 3.97. The van der Waals surface area contributed by atoms with Crippen molar-refractivity contribution in [3.63, 3.8) is 0 Å². The quantitative estimate of drug-likeness (QED) is 0.477. The number of anilines is 1. The number of nitrogens with one attached hydrogen (secondary N) is 1. The highest BCUT2D eigenvalue weighted by Crippen LogP contribution is 2.27. The minimum atomic E-state index is -0.416. The van der Waals surface area contributed by atoms with Gasteiger partial charge in [0.2, 0.25) is 0 Å². The molecular weight excluding hydrogens is 407 g/mol. The van der Waals surface area contributed by atoms with Crippen molar-refractivity contribution in [3.8, 4) is 5.75 Å². The average molecular weight is 430 g/mol. The summed E-state index contributed by atoms with van der Waals surface area (Å²) in [5.41, 5.74) is 3.82. The van der Waals surface area contributed by atoms with Crippen molar-refractivity contribution in [2.75, 3.05) is 12.0 Å². The van der Waals surface area contributed by atoms with Gasteiger partial charge in [0.1, 0.15) is 11.6 Å². The molecule has 162 valence electrons. The van der Waals surface area contributed by atoms with Gasteiger partial charge in [-0.2, -0.15) is 0 Å². The van der Waals surface area contributed by atoms with Gasteiger partial charge in [-0.15, -0.1) is 0 Å². The molecule has 0 fully saturated rings. The molecule has 1 amide bonds. The molecule has 0 saturated carbocycles. The summed E-state index contributed by atoms with van der Waals surface area (Å²) in [7, 11) is 1.57. The Morgan fingerprint density at radius 1 is 1.03 bits per heavy atom. The fraction of sp³-hybridized carbons (Fsp3) is 0.154. The van der Waals surface area contributed by atoms with Crippen molar-refractivity contribution < 1.29 is 13.9 Å². The number of aromatic amines is 1.